The topological polar surface area (TPSA) is 81.0 Å². The molecule has 2 rings (SSSR count). The van der Waals surface area contributed by atoms with Crippen LogP contribution in [-0.2, 0) is 0 Å². The van der Waals surface area contributed by atoms with Crippen molar-refractivity contribution in [1.82, 2.24) is 0 Å². The zero-order valence-corrected chi connectivity index (χ0v) is 13.2. The number of hydrogen-bond donors (Lipinski definition) is 2. The van der Waals surface area contributed by atoms with Gasteiger partial charge < -0.3 is 20.1 Å². The highest BCUT2D eigenvalue weighted by atomic mass is 35.5. The summed E-state index contributed by atoms with van der Waals surface area (Å²) < 4.78 is 11.6. The van der Waals surface area contributed by atoms with E-state index in [1.807, 2.05) is 39.0 Å². The van der Waals surface area contributed by atoms with Crippen molar-refractivity contribution < 1.29 is 14.4 Å². The van der Waals surface area contributed by atoms with Crippen molar-refractivity contribution in [2.24, 2.45) is 10.9 Å². The van der Waals surface area contributed by atoms with E-state index in [0.717, 1.165) is 23.1 Å². The molecule has 0 aliphatic rings. The number of furan rings is 1. The van der Waals surface area contributed by atoms with Crippen molar-refractivity contribution in [2.45, 2.75) is 39.7 Å². The number of nitrogens with two attached hydrogens (primary N) is 1. The molecule has 0 radical (unpaired) electrons. The van der Waals surface area contributed by atoms with Crippen molar-refractivity contribution in [1.29, 1.82) is 0 Å². The molecule has 1 unspecified atom stereocenters. The van der Waals surface area contributed by atoms with Gasteiger partial charge in [0.1, 0.15) is 5.76 Å². The summed E-state index contributed by atoms with van der Waals surface area (Å²) in [5, 5.41) is 12.9. The Labute approximate surface area is 130 Å². The molecular formula is C15H21ClN2O3. The number of nitrogens with zero attached hydrogens (tertiary/aromatic N) is 1. The van der Waals surface area contributed by atoms with E-state index in [9.17, 15) is 0 Å². The number of halogens is 1. The summed E-state index contributed by atoms with van der Waals surface area (Å²) in [7, 11) is 0. The van der Waals surface area contributed by atoms with Crippen molar-refractivity contribution >= 4 is 29.2 Å². The maximum atomic E-state index is 8.83. The van der Waals surface area contributed by atoms with Crippen LogP contribution in [0.15, 0.2) is 27.8 Å². The minimum atomic E-state index is -0.457. The lowest BCUT2D eigenvalue weighted by Gasteiger charge is -2.17. The summed E-state index contributed by atoms with van der Waals surface area (Å²) in [5.74, 6) is 1.56. The Hall–Kier alpha value is -1.88. The maximum absolute atomic E-state index is 8.83. The molecule has 3 N–H and O–H groups in total. The fourth-order valence-corrected chi connectivity index (χ4v) is 2.18. The number of hydrogen-bond acceptors (Lipinski definition) is 4. The molecule has 1 heterocycles. The zero-order chi connectivity index (χ0) is 14.7. The standard InChI is InChI=1S/C15H20N2O3.ClH/c1-4-6-13(15(16)17-18)20-12-8-5-7-11-9(2)10(3)19-14(11)12;/h5,7-8,13,18H,4,6H2,1-3H3,(H2,16,17);1H. The van der Waals surface area contributed by atoms with Gasteiger partial charge >= 0.3 is 0 Å². The molecule has 21 heavy (non-hydrogen) atoms. The Morgan fingerprint density at radius 3 is 2.76 bits per heavy atom. The molecule has 6 heteroatoms. The highest BCUT2D eigenvalue weighted by molar-refractivity contribution is 5.88. The number of benzene rings is 1. The van der Waals surface area contributed by atoms with Crippen LogP contribution in [0, 0.1) is 13.8 Å². The first kappa shape index (κ1) is 17.2. The van der Waals surface area contributed by atoms with Gasteiger partial charge in [-0.15, -0.1) is 12.4 Å². The van der Waals surface area contributed by atoms with E-state index in [-0.39, 0.29) is 18.2 Å². The minimum Gasteiger partial charge on any atom is -0.478 e. The average molecular weight is 313 g/mol. The van der Waals surface area contributed by atoms with E-state index >= 15 is 0 Å². The van der Waals surface area contributed by atoms with E-state index in [0.29, 0.717) is 17.8 Å². The van der Waals surface area contributed by atoms with E-state index in [1.54, 1.807) is 0 Å². The fraction of sp³-hybridized carbons (Fsp3) is 0.400. The summed E-state index contributed by atoms with van der Waals surface area (Å²) in [4.78, 5) is 0. The van der Waals surface area contributed by atoms with Crippen LogP contribution in [0.5, 0.6) is 5.75 Å². The molecule has 0 saturated heterocycles. The van der Waals surface area contributed by atoms with E-state index in [1.165, 1.54) is 0 Å². The lowest BCUT2D eigenvalue weighted by atomic mass is 10.1. The molecule has 0 amide bonds. The summed E-state index contributed by atoms with van der Waals surface area (Å²) in [6, 6.07) is 5.74. The molecule has 2 aromatic rings. The predicted molar refractivity (Wildman–Crippen MR) is 85.7 cm³/mol. The summed E-state index contributed by atoms with van der Waals surface area (Å²) in [5.41, 5.74) is 7.48. The van der Waals surface area contributed by atoms with Crippen molar-refractivity contribution in [3.63, 3.8) is 0 Å². The smallest absolute Gasteiger partial charge is 0.180 e. The summed E-state index contributed by atoms with van der Waals surface area (Å²) in [6.45, 7) is 5.95. The van der Waals surface area contributed by atoms with Crippen molar-refractivity contribution in [3.8, 4) is 5.75 Å². The first-order chi connectivity index (χ1) is 9.58. The largest absolute Gasteiger partial charge is 0.478 e. The minimum absolute atomic E-state index is 0. The highest BCUT2D eigenvalue weighted by Gasteiger charge is 2.18. The number of para-hydroxylation sites is 1. The van der Waals surface area contributed by atoms with Gasteiger partial charge in [-0.2, -0.15) is 0 Å². The SMILES string of the molecule is CCCC(Oc1cccc2c(C)c(C)oc12)C(N)=NO.Cl. The van der Waals surface area contributed by atoms with Crippen molar-refractivity contribution in [2.75, 3.05) is 0 Å². The van der Waals surface area contributed by atoms with Crippen LogP contribution in [0.4, 0.5) is 0 Å². The average Bonchev–Trinajstić information content (AvgIpc) is 2.74. The summed E-state index contributed by atoms with van der Waals surface area (Å²) in [6.07, 6.45) is 1.08. The van der Waals surface area contributed by atoms with Gasteiger partial charge in [0.05, 0.1) is 0 Å². The molecule has 1 aromatic heterocycles. The fourth-order valence-electron chi connectivity index (χ4n) is 2.18. The Balaban J connectivity index is 0.00000220. The van der Waals surface area contributed by atoms with Gasteiger partial charge in [-0.05, 0) is 31.9 Å². The molecule has 0 bridgehead atoms. The van der Waals surface area contributed by atoms with Crippen LogP contribution in [0.3, 0.4) is 0 Å². The van der Waals surface area contributed by atoms with Gasteiger partial charge in [-0.3, -0.25) is 0 Å². The van der Waals surface area contributed by atoms with Crippen LogP contribution < -0.4 is 10.5 Å². The molecule has 1 aromatic carbocycles. The van der Waals surface area contributed by atoms with Gasteiger partial charge in [-0.1, -0.05) is 30.6 Å². The van der Waals surface area contributed by atoms with E-state index in [2.05, 4.69) is 5.16 Å². The summed E-state index contributed by atoms with van der Waals surface area (Å²) >= 11 is 0. The number of ether oxygens (including phenoxy) is 1. The molecule has 0 fully saturated rings. The third kappa shape index (κ3) is 3.42. The third-order valence-corrected chi connectivity index (χ3v) is 3.43. The Kier molecular flexibility index (Phi) is 5.90. The van der Waals surface area contributed by atoms with Crippen LogP contribution in [0.2, 0.25) is 0 Å². The highest BCUT2D eigenvalue weighted by Crippen LogP contribution is 2.32. The molecule has 0 saturated carbocycles. The Morgan fingerprint density at radius 2 is 2.14 bits per heavy atom. The number of amidine groups is 1. The monoisotopic (exact) mass is 312 g/mol. The quantitative estimate of drug-likeness (QED) is 0.381. The molecule has 116 valence electrons. The lowest BCUT2D eigenvalue weighted by Crippen LogP contribution is -2.34. The van der Waals surface area contributed by atoms with Crippen LogP contribution in [0.25, 0.3) is 11.0 Å². The second kappa shape index (κ2) is 7.22. The maximum Gasteiger partial charge on any atom is 0.180 e. The lowest BCUT2D eigenvalue weighted by molar-refractivity contribution is 0.240. The molecular weight excluding hydrogens is 292 g/mol. The first-order valence-corrected chi connectivity index (χ1v) is 6.71. The second-order valence-corrected chi connectivity index (χ2v) is 4.84. The number of aryl methyl sites for hydroxylation is 2. The van der Waals surface area contributed by atoms with Crippen LogP contribution >= 0.6 is 12.4 Å². The molecule has 1 atom stereocenters. The van der Waals surface area contributed by atoms with Crippen molar-refractivity contribution in [3.05, 3.63) is 29.5 Å². The zero-order valence-electron chi connectivity index (χ0n) is 12.4. The van der Waals surface area contributed by atoms with Crippen LogP contribution in [-0.4, -0.2) is 17.1 Å². The Morgan fingerprint density at radius 1 is 1.43 bits per heavy atom. The Bertz CT molecular complexity index is 637. The van der Waals surface area contributed by atoms with Gasteiger partial charge in [-0.25, -0.2) is 0 Å². The molecule has 5 nitrogen and oxygen atoms in total. The van der Waals surface area contributed by atoms with E-state index < -0.39 is 6.10 Å². The molecule has 0 aliphatic carbocycles. The van der Waals surface area contributed by atoms with Gasteiger partial charge in [0, 0.05) is 5.39 Å². The number of fused-ring (bicyclic) bond motifs is 1. The van der Waals surface area contributed by atoms with E-state index in [4.69, 9.17) is 20.1 Å². The second-order valence-electron chi connectivity index (χ2n) is 4.84. The first-order valence-electron chi connectivity index (χ1n) is 6.71. The van der Waals surface area contributed by atoms with Gasteiger partial charge in [0.15, 0.2) is 23.3 Å². The number of rotatable bonds is 5. The normalized spacial score (nSPS) is 13.0. The van der Waals surface area contributed by atoms with Crippen LogP contribution in [0.1, 0.15) is 31.1 Å². The third-order valence-electron chi connectivity index (χ3n) is 3.43. The van der Waals surface area contributed by atoms with Gasteiger partial charge in [0.25, 0.3) is 0 Å². The molecule has 0 spiro atoms. The number of oxime groups is 1. The molecule has 0 aliphatic heterocycles. The predicted octanol–water partition coefficient (Wildman–Crippen LogP) is 3.77. The van der Waals surface area contributed by atoms with Gasteiger partial charge in [0.2, 0.25) is 0 Å².